The highest BCUT2D eigenvalue weighted by Gasteiger charge is 2.29. The second kappa shape index (κ2) is 7.63. The van der Waals surface area contributed by atoms with E-state index in [2.05, 4.69) is 20.9 Å². The summed E-state index contributed by atoms with van der Waals surface area (Å²) in [5.74, 6) is 0.215. The molecule has 1 aliphatic rings. The van der Waals surface area contributed by atoms with Crippen molar-refractivity contribution in [1.29, 1.82) is 0 Å². The minimum absolute atomic E-state index is 0.134. The number of amides is 4. The Morgan fingerprint density at radius 3 is 2.90 bits per heavy atom. The number of thioether (sulfide) groups is 1. The monoisotopic (exact) mass is 308 g/mol. The third-order valence-electron chi connectivity index (χ3n) is 2.83. The zero-order valence-electron chi connectivity index (χ0n) is 11.3. The molecule has 2 heterocycles. The van der Waals surface area contributed by atoms with E-state index in [-0.39, 0.29) is 18.2 Å². The van der Waals surface area contributed by atoms with Gasteiger partial charge in [0.25, 0.3) is 5.91 Å². The van der Waals surface area contributed by atoms with E-state index in [1.54, 1.807) is 18.0 Å². The molecule has 2 rings (SSSR count). The number of imide groups is 1. The van der Waals surface area contributed by atoms with Crippen LogP contribution in [0.15, 0.2) is 29.4 Å². The minimum atomic E-state index is -0.605. The van der Waals surface area contributed by atoms with Crippen molar-refractivity contribution in [2.24, 2.45) is 0 Å². The number of carbonyl (C=O) groups excluding carboxylic acids is 3. The highest BCUT2D eigenvalue weighted by Crippen LogP contribution is 2.12. The molecule has 1 aromatic heterocycles. The highest BCUT2D eigenvalue weighted by atomic mass is 32.2. The van der Waals surface area contributed by atoms with Gasteiger partial charge < -0.3 is 10.6 Å². The summed E-state index contributed by atoms with van der Waals surface area (Å²) in [4.78, 5) is 38.0. The van der Waals surface area contributed by atoms with E-state index in [9.17, 15) is 14.4 Å². The molecular weight excluding hydrogens is 292 g/mol. The fourth-order valence-electron chi connectivity index (χ4n) is 1.80. The number of carbonyl (C=O) groups is 3. The number of hydrogen-bond donors (Lipinski definition) is 3. The van der Waals surface area contributed by atoms with Crippen LogP contribution in [0.3, 0.4) is 0 Å². The zero-order chi connectivity index (χ0) is 15.1. The van der Waals surface area contributed by atoms with Gasteiger partial charge in [-0.05, 0) is 18.6 Å². The molecule has 1 aromatic rings. The number of pyridine rings is 1. The van der Waals surface area contributed by atoms with Crippen molar-refractivity contribution in [3.8, 4) is 0 Å². The number of urea groups is 1. The molecular formula is C13H16N4O3S. The summed E-state index contributed by atoms with van der Waals surface area (Å²) in [6, 6.07) is 4.57. The molecule has 4 amide bonds. The number of nitrogens with zero attached hydrogens (tertiary/aromatic N) is 1. The largest absolute Gasteiger partial charge is 0.355 e. The third kappa shape index (κ3) is 5.07. The van der Waals surface area contributed by atoms with E-state index < -0.39 is 12.1 Å². The molecule has 3 N–H and O–H groups in total. The molecule has 0 aromatic carbocycles. The first-order valence-electron chi connectivity index (χ1n) is 6.57. The molecule has 8 heteroatoms. The quantitative estimate of drug-likeness (QED) is 0.381. The second-order valence-electron chi connectivity index (χ2n) is 4.42. The van der Waals surface area contributed by atoms with Crippen LogP contribution in [-0.2, 0) is 9.59 Å². The van der Waals surface area contributed by atoms with Gasteiger partial charge in [0.15, 0.2) is 0 Å². The van der Waals surface area contributed by atoms with Crippen LogP contribution in [0.2, 0.25) is 0 Å². The van der Waals surface area contributed by atoms with E-state index in [0.717, 1.165) is 10.8 Å². The molecule has 0 radical (unpaired) electrons. The topological polar surface area (TPSA) is 100 Å². The van der Waals surface area contributed by atoms with Gasteiger partial charge in [0, 0.05) is 24.9 Å². The Kier molecular flexibility index (Phi) is 5.56. The molecule has 1 aliphatic heterocycles. The van der Waals surface area contributed by atoms with Crippen molar-refractivity contribution in [3.05, 3.63) is 24.4 Å². The van der Waals surface area contributed by atoms with Crippen molar-refractivity contribution >= 4 is 29.6 Å². The van der Waals surface area contributed by atoms with Crippen LogP contribution in [0.25, 0.3) is 0 Å². The Bertz CT molecular complexity index is 523. The lowest BCUT2D eigenvalue weighted by Gasteiger charge is -2.07. The fraction of sp³-hybridized carbons (Fsp3) is 0.385. The van der Waals surface area contributed by atoms with E-state index >= 15 is 0 Å². The Balaban J connectivity index is 1.58. The molecule has 0 bridgehead atoms. The number of aromatic nitrogens is 1. The summed E-state index contributed by atoms with van der Waals surface area (Å²) in [6.45, 7) is 0.531. The van der Waals surface area contributed by atoms with Gasteiger partial charge >= 0.3 is 6.03 Å². The van der Waals surface area contributed by atoms with Crippen LogP contribution < -0.4 is 16.0 Å². The first kappa shape index (κ1) is 15.3. The Morgan fingerprint density at radius 2 is 2.24 bits per heavy atom. The maximum absolute atomic E-state index is 11.6. The fourth-order valence-corrected chi connectivity index (χ4v) is 2.53. The first-order chi connectivity index (χ1) is 10.1. The molecule has 0 unspecified atom stereocenters. The molecule has 1 saturated heterocycles. The molecule has 0 spiro atoms. The van der Waals surface area contributed by atoms with Gasteiger partial charge in [0.2, 0.25) is 5.91 Å². The van der Waals surface area contributed by atoms with Crippen LogP contribution in [-0.4, -0.2) is 41.2 Å². The van der Waals surface area contributed by atoms with Crippen LogP contribution in [0.1, 0.15) is 12.8 Å². The van der Waals surface area contributed by atoms with Crippen LogP contribution in [0, 0.1) is 0 Å². The van der Waals surface area contributed by atoms with Gasteiger partial charge in [-0.3, -0.25) is 14.9 Å². The number of rotatable bonds is 7. The van der Waals surface area contributed by atoms with Crippen molar-refractivity contribution in [1.82, 2.24) is 20.9 Å². The van der Waals surface area contributed by atoms with Crippen molar-refractivity contribution in [3.63, 3.8) is 0 Å². The van der Waals surface area contributed by atoms with Crippen molar-refractivity contribution < 1.29 is 14.4 Å². The Morgan fingerprint density at radius 1 is 1.38 bits per heavy atom. The lowest BCUT2D eigenvalue weighted by molar-refractivity contribution is -0.122. The lowest BCUT2D eigenvalue weighted by Crippen LogP contribution is -2.32. The standard InChI is InChI=1S/C13H16N4O3S/c18-10(5-4-9-12(19)17-13(20)16-9)14-7-8-21-11-3-1-2-6-15-11/h1-3,6,9H,4-5,7-8H2,(H,14,18)(H2,16,17,19,20)/t9-/m1/s1. The highest BCUT2D eigenvalue weighted by molar-refractivity contribution is 7.99. The van der Waals surface area contributed by atoms with Gasteiger partial charge in [0.1, 0.15) is 6.04 Å². The predicted molar refractivity (Wildman–Crippen MR) is 77.7 cm³/mol. The maximum atomic E-state index is 11.6. The van der Waals surface area contributed by atoms with Crippen LogP contribution >= 0.6 is 11.8 Å². The molecule has 7 nitrogen and oxygen atoms in total. The van der Waals surface area contributed by atoms with E-state index in [4.69, 9.17) is 0 Å². The summed E-state index contributed by atoms with van der Waals surface area (Å²) in [5, 5.41) is 8.27. The number of nitrogens with one attached hydrogen (secondary N) is 3. The predicted octanol–water partition coefficient (Wildman–Crippen LogP) is 0.278. The maximum Gasteiger partial charge on any atom is 0.322 e. The average molecular weight is 308 g/mol. The molecule has 112 valence electrons. The van der Waals surface area contributed by atoms with Crippen LogP contribution in [0.5, 0.6) is 0 Å². The molecule has 21 heavy (non-hydrogen) atoms. The van der Waals surface area contributed by atoms with Crippen molar-refractivity contribution in [2.45, 2.75) is 23.9 Å². The van der Waals surface area contributed by atoms with Gasteiger partial charge in [0.05, 0.1) is 5.03 Å². The van der Waals surface area contributed by atoms with Crippen LogP contribution in [0.4, 0.5) is 4.79 Å². The zero-order valence-corrected chi connectivity index (χ0v) is 12.1. The number of hydrogen-bond acceptors (Lipinski definition) is 5. The van der Waals surface area contributed by atoms with E-state index in [0.29, 0.717) is 13.0 Å². The molecule has 1 atom stereocenters. The third-order valence-corrected chi connectivity index (χ3v) is 3.78. The normalized spacial score (nSPS) is 17.2. The Labute approximate surface area is 126 Å². The van der Waals surface area contributed by atoms with E-state index in [1.165, 1.54) is 0 Å². The summed E-state index contributed by atoms with van der Waals surface area (Å²) in [6.07, 6.45) is 2.23. The lowest BCUT2D eigenvalue weighted by atomic mass is 10.1. The SMILES string of the molecule is O=C(CC[C@H]1NC(=O)NC1=O)NCCSc1ccccn1. The Hall–Kier alpha value is -2.09. The first-order valence-corrected chi connectivity index (χ1v) is 7.55. The molecule has 0 aliphatic carbocycles. The minimum Gasteiger partial charge on any atom is -0.355 e. The summed E-state index contributed by atoms with van der Waals surface area (Å²) >= 11 is 1.56. The summed E-state index contributed by atoms with van der Waals surface area (Å²) in [7, 11) is 0. The molecule has 0 saturated carbocycles. The van der Waals surface area contributed by atoms with Crippen molar-refractivity contribution in [2.75, 3.05) is 12.3 Å². The van der Waals surface area contributed by atoms with Gasteiger partial charge in [-0.15, -0.1) is 11.8 Å². The second-order valence-corrected chi connectivity index (χ2v) is 5.54. The summed E-state index contributed by atoms with van der Waals surface area (Å²) < 4.78 is 0. The average Bonchev–Trinajstić information content (AvgIpc) is 2.80. The van der Waals surface area contributed by atoms with Gasteiger partial charge in [-0.25, -0.2) is 9.78 Å². The van der Waals surface area contributed by atoms with E-state index in [1.807, 2.05) is 18.2 Å². The smallest absolute Gasteiger partial charge is 0.322 e. The molecule has 1 fully saturated rings. The van der Waals surface area contributed by atoms with Gasteiger partial charge in [-0.2, -0.15) is 0 Å². The summed E-state index contributed by atoms with van der Waals surface area (Å²) in [5.41, 5.74) is 0. The van der Waals surface area contributed by atoms with Gasteiger partial charge in [-0.1, -0.05) is 6.07 Å².